The van der Waals surface area contributed by atoms with Gasteiger partial charge < -0.3 is 24.8 Å². The molecule has 1 fully saturated rings. The first-order valence-corrected chi connectivity index (χ1v) is 23.0. The van der Waals surface area contributed by atoms with E-state index in [2.05, 4.69) is 80.7 Å². The first-order chi connectivity index (χ1) is 27.3. The van der Waals surface area contributed by atoms with E-state index in [0.29, 0.717) is 31.5 Å². The molecule has 0 aromatic heterocycles. The van der Waals surface area contributed by atoms with Crippen LogP contribution in [0.4, 0.5) is 0 Å². The Morgan fingerprint density at radius 1 is 0.643 bits per heavy atom. The number of ether oxygens (including phenoxy) is 3. The maximum atomic E-state index is 12.6. The van der Waals surface area contributed by atoms with Gasteiger partial charge in [0.05, 0.1) is 25.4 Å². The fourth-order valence-corrected chi connectivity index (χ4v) is 6.43. The number of phosphoric acid groups is 1. The molecule has 0 aromatic rings. The fraction of sp³-hybridized carbons (Fsp3) is 0.689. The standard InChI is InChI=1S/C45H76NO9P/c1-3-5-7-8-9-10-11-12-13-14-15-16-17-21-24-27-31-35-44(47)51-39-41(40-53-56(49,50)52-38-37-46)54-45(48)36-32-28-25-22-19-18-20-23-26-30-34-43-42(55-43)33-29-6-4-2/h9-10,12-13,15-16,18,20,22,25-26,30,41-43H,3-8,11,14,17,19,21,23-24,27-29,31-40,46H2,1-2H3,(H,49,50)/b10-9-,13-12-,16-15-,20-18-,25-22-,30-26-/t41-,42?,43?/m1/s1. The van der Waals surface area contributed by atoms with Gasteiger partial charge in [0.2, 0.25) is 0 Å². The zero-order valence-electron chi connectivity index (χ0n) is 34.8. The Bertz CT molecular complexity index is 1210. The summed E-state index contributed by atoms with van der Waals surface area (Å²) in [5.41, 5.74) is 5.34. The summed E-state index contributed by atoms with van der Waals surface area (Å²) >= 11 is 0. The smallest absolute Gasteiger partial charge is 0.462 e. The van der Waals surface area contributed by atoms with Gasteiger partial charge in [-0.05, 0) is 83.5 Å². The number of unbranched alkanes of at least 4 members (excludes halogenated alkanes) is 10. The third kappa shape index (κ3) is 33.5. The molecule has 0 amide bonds. The van der Waals surface area contributed by atoms with Crippen molar-refractivity contribution in [1.29, 1.82) is 0 Å². The van der Waals surface area contributed by atoms with E-state index >= 15 is 0 Å². The molecule has 11 heteroatoms. The summed E-state index contributed by atoms with van der Waals surface area (Å²) in [5, 5.41) is 0. The minimum Gasteiger partial charge on any atom is -0.462 e. The van der Waals surface area contributed by atoms with Crippen LogP contribution in [0.1, 0.15) is 155 Å². The zero-order valence-corrected chi connectivity index (χ0v) is 35.7. The van der Waals surface area contributed by atoms with Crippen molar-refractivity contribution in [2.75, 3.05) is 26.4 Å². The summed E-state index contributed by atoms with van der Waals surface area (Å²) in [6.45, 7) is 3.56. The lowest BCUT2D eigenvalue weighted by Gasteiger charge is -2.19. The van der Waals surface area contributed by atoms with Gasteiger partial charge >= 0.3 is 19.8 Å². The van der Waals surface area contributed by atoms with E-state index in [-0.39, 0.29) is 32.6 Å². The predicted octanol–water partition coefficient (Wildman–Crippen LogP) is 11.3. The van der Waals surface area contributed by atoms with Crippen molar-refractivity contribution in [3.05, 3.63) is 72.9 Å². The third-order valence-corrected chi connectivity index (χ3v) is 9.97. The molecule has 1 aliphatic heterocycles. The molecule has 0 aromatic carbocycles. The minimum absolute atomic E-state index is 0.0358. The Balaban J connectivity index is 2.25. The minimum atomic E-state index is -4.40. The average molecular weight is 806 g/mol. The van der Waals surface area contributed by atoms with Crippen LogP contribution in [0.15, 0.2) is 72.9 Å². The molecule has 0 aliphatic carbocycles. The van der Waals surface area contributed by atoms with Gasteiger partial charge in [-0.15, -0.1) is 0 Å². The average Bonchev–Trinajstić information content (AvgIpc) is 3.94. The molecule has 10 nitrogen and oxygen atoms in total. The van der Waals surface area contributed by atoms with Gasteiger partial charge in [-0.3, -0.25) is 18.6 Å². The van der Waals surface area contributed by atoms with Crippen LogP contribution in [0.5, 0.6) is 0 Å². The summed E-state index contributed by atoms with van der Waals surface area (Å²) < 4.78 is 38.4. The lowest BCUT2D eigenvalue weighted by atomic mass is 10.1. The highest BCUT2D eigenvalue weighted by atomic mass is 31.2. The van der Waals surface area contributed by atoms with Crippen molar-refractivity contribution in [3.63, 3.8) is 0 Å². The number of epoxide rings is 1. The number of phosphoric ester groups is 1. The number of hydrogen-bond donors (Lipinski definition) is 2. The Morgan fingerprint density at radius 3 is 1.80 bits per heavy atom. The van der Waals surface area contributed by atoms with Crippen molar-refractivity contribution >= 4 is 19.8 Å². The predicted molar refractivity (Wildman–Crippen MR) is 228 cm³/mol. The number of nitrogens with two attached hydrogens (primary N) is 1. The third-order valence-electron chi connectivity index (χ3n) is 8.99. The molecule has 4 atom stereocenters. The van der Waals surface area contributed by atoms with Gasteiger partial charge in [-0.2, -0.15) is 0 Å². The van der Waals surface area contributed by atoms with E-state index in [1.165, 1.54) is 51.4 Å². The van der Waals surface area contributed by atoms with Crippen molar-refractivity contribution < 1.29 is 42.3 Å². The molecule has 1 saturated heterocycles. The van der Waals surface area contributed by atoms with Crippen LogP contribution < -0.4 is 5.73 Å². The van der Waals surface area contributed by atoms with Gasteiger partial charge in [0.1, 0.15) is 6.61 Å². The van der Waals surface area contributed by atoms with Crippen molar-refractivity contribution in [1.82, 2.24) is 0 Å². The normalized spacial score (nSPS) is 17.6. The van der Waals surface area contributed by atoms with Crippen LogP contribution in [0.25, 0.3) is 0 Å². The molecule has 320 valence electrons. The Labute approximate surface area is 339 Å². The van der Waals surface area contributed by atoms with Gasteiger partial charge in [-0.25, -0.2) is 4.57 Å². The maximum Gasteiger partial charge on any atom is 0.472 e. The van der Waals surface area contributed by atoms with E-state index in [0.717, 1.165) is 57.8 Å². The van der Waals surface area contributed by atoms with E-state index in [9.17, 15) is 19.0 Å². The van der Waals surface area contributed by atoms with Gasteiger partial charge in [0, 0.05) is 19.4 Å². The Morgan fingerprint density at radius 2 is 1.18 bits per heavy atom. The van der Waals surface area contributed by atoms with E-state index < -0.39 is 32.5 Å². The molecule has 3 N–H and O–H groups in total. The highest BCUT2D eigenvalue weighted by molar-refractivity contribution is 7.47. The second kappa shape index (κ2) is 36.7. The van der Waals surface area contributed by atoms with Crippen LogP contribution in [0.2, 0.25) is 0 Å². The largest absolute Gasteiger partial charge is 0.472 e. The first-order valence-electron chi connectivity index (χ1n) is 21.5. The monoisotopic (exact) mass is 806 g/mol. The summed E-state index contributed by atoms with van der Waals surface area (Å²) in [4.78, 5) is 34.8. The lowest BCUT2D eigenvalue weighted by Crippen LogP contribution is -2.29. The molecule has 1 aliphatic rings. The van der Waals surface area contributed by atoms with E-state index in [1.807, 2.05) is 6.08 Å². The van der Waals surface area contributed by atoms with Crippen molar-refractivity contribution in [2.45, 2.75) is 173 Å². The second-order valence-corrected chi connectivity index (χ2v) is 15.7. The summed E-state index contributed by atoms with van der Waals surface area (Å²) in [7, 11) is -4.40. The maximum absolute atomic E-state index is 12.6. The number of esters is 2. The fourth-order valence-electron chi connectivity index (χ4n) is 5.67. The molecule has 0 saturated carbocycles. The van der Waals surface area contributed by atoms with Crippen LogP contribution in [-0.2, 0) is 37.4 Å². The van der Waals surface area contributed by atoms with Crippen molar-refractivity contribution in [2.24, 2.45) is 5.73 Å². The van der Waals surface area contributed by atoms with Crippen LogP contribution in [0.3, 0.4) is 0 Å². The lowest BCUT2D eigenvalue weighted by molar-refractivity contribution is -0.161. The molecule has 56 heavy (non-hydrogen) atoms. The molecular weight excluding hydrogens is 729 g/mol. The highest BCUT2D eigenvalue weighted by Crippen LogP contribution is 2.43. The van der Waals surface area contributed by atoms with Gasteiger partial charge in [0.15, 0.2) is 6.10 Å². The van der Waals surface area contributed by atoms with Crippen LogP contribution in [0, 0.1) is 0 Å². The van der Waals surface area contributed by atoms with Gasteiger partial charge in [-0.1, -0.05) is 132 Å². The first kappa shape index (κ1) is 51.4. The SMILES string of the molecule is CCCCC/C=C\C/C=C\C/C=C\CCCCCCC(=O)OC[C@H](COP(=O)(O)OCCN)OC(=O)CCC/C=C\C/C=C\C/C=C\CC1OC1CCCCC. The van der Waals surface area contributed by atoms with E-state index in [1.54, 1.807) is 0 Å². The Kier molecular flexibility index (Phi) is 33.7. The molecule has 3 unspecified atom stereocenters. The topological polar surface area (TPSA) is 147 Å². The zero-order chi connectivity index (χ0) is 40.8. The summed E-state index contributed by atoms with van der Waals surface area (Å²) in [6, 6.07) is 0. The summed E-state index contributed by atoms with van der Waals surface area (Å²) in [5.74, 6) is -0.931. The van der Waals surface area contributed by atoms with Crippen LogP contribution in [-0.4, -0.2) is 61.5 Å². The highest BCUT2D eigenvalue weighted by Gasteiger charge is 2.36. The van der Waals surface area contributed by atoms with Crippen molar-refractivity contribution in [3.8, 4) is 0 Å². The van der Waals surface area contributed by atoms with Crippen LogP contribution >= 0.6 is 7.82 Å². The quantitative estimate of drug-likeness (QED) is 0.0203. The molecule has 1 rings (SSSR count). The number of carbonyl (C=O) groups excluding carboxylic acids is 2. The van der Waals surface area contributed by atoms with Gasteiger partial charge in [0.25, 0.3) is 0 Å². The number of carbonyl (C=O) groups is 2. The molecule has 0 spiro atoms. The molecule has 1 heterocycles. The molecule has 0 bridgehead atoms. The molecular formula is C45H76NO9P. The Hall–Kier alpha value is -2.59. The molecule has 0 radical (unpaired) electrons. The number of rotatable bonds is 38. The summed E-state index contributed by atoms with van der Waals surface area (Å²) in [6.07, 6.45) is 46.8. The van der Waals surface area contributed by atoms with E-state index in [4.69, 9.17) is 29.0 Å². The second-order valence-electron chi connectivity index (χ2n) is 14.2. The number of allylic oxidation sites excluding steroid dienone is 11. The number of hydrogen-bond acceptors (Lipinski definition) is 9.